The van der Waals surface area contributed by atoms with Crippen molar-refractivity contribution in [2.45, 2.75) is 19.9 Å². The summed E-state index contributed by atoms with van der Waals surface area (Å²) in [5, 5.41) is 8.07. The van der Waals surface area contributed by atoms with Gasteiger partial charge in [0.2, 0.25) is 0 Å². The quantitative estimate of drug-likeness (QED) is 0.671. The van der Waals surface area contributed by atoms with Gasteiger partial charge in [-0.05, 0) is 26.0 Å². The number of aromatic nitrogens is 3. The van der Waals surface area contributed by atoms with Crippen LogP contribution < -0.4 is 5.73 Å². The highest BCUT2D eigenvalue weighted by Gasteiger charge is 2.08. The number of nitrogens with zero attached hydrogens (tertiary/aromatic N) is 3. The molecule has 0 amide bonds. The van der Waals surface area contributed by atoms with Gasteiger partial charge in [-0.25, -0.2) is 4.68 Å². The fourth-order valence-electron chi connectivity index (χ4n) is 1.37. The van der Waals surface area contributed by atoms with E-state index in [-0.39, 0.29) is 0 Å². The van der Waals surface area contributed by atoms with Gasteiger partial charge in [0, 0.05) is 6.04 Å². The van der Waals surface area contributed by atoms with Crippen LogP contribution in [0.5, 0.6) is 0 Å². The van der Waals surface area contributed by atoms with E-state index in [1.54, 1.807) is 0 Å². The van der Waals surface area contributed by atoms with Crippen molar-refractivity contribution in [3.63, 3.8) is 0 Å². The Hall–Kier alpha value is -1.58. The molecule has 0 spiro atoms. The molecule has 2 N–H and O–H groups in total. The third-order valence-corrected chi connectivity index (χ3v) is 2.02. The van der Waals surface area contributed by atoms with Crippen LogP contribution in [-0.2, 0) is 0 Å². The van der Waals surface area contributed by atoms with E-state index in [2.05, 4.69) is 24.2 Å². The number of hydrogen-bond donors (Lipinski definition) is 1. The molecule has 0 aliphatic heterocycles. The summed E-state index contributed by atoms with van der Waals surface area (Å²) in [7, 11) is 0. The maximum atomic E-state index is 5.75. The zero-order chi connectivity index (χ0) is 9.42. The lowest BCUT2D eigenvalue weighted by atomic mass is 10.2. The van der Waals surface area contributed by atoms with Gasteiger partial charge in [-0.2, -0.15) is 0 Å². The van der Waals surface area contributed by atoms with Crippen LogP contribution in [-0.4, -0.2) is 15.0 Å². The highest BCUT2D eigenvalue weighted by Crippen LogP contribution is 2.19. The van der Waals surface area contributed by atoms with Gasteiger partial charge in [-0.3, -0.25) is 0 Å². The summed E-state index contributed by atoms with van der Waals surface area (Å²) >= 11 is 0. The number of fused-ring (bicyclic) bond motifs is 1. The molecule has 0 aliphatic carbocycles. The van der Waals surface area contributed by atoms with Crippen LogP contribution in [0.2, 0.25) is 0 Å². The number of hydrogen-bond acceptors (Lipinski definition) is 3. The van der Waals surface area contributed by atoms with Crippen LogP contribution in [0.15, 0.2) is 18.2 Å². The second-order valence-corrected chi connectivity index (χ2v) is 3.34. The zero-order valence-corrected chi connectivity index (χ0v) is 7.73. The van der Waals surface area contributed by atoms with Crippen LogP contribution in [0.4, 0.5) is 5.69 Å². The smallest absolute Gasteiger partial charge is 0.136 e. The lowest BCUT2D eigenvalue weighted by Gasteiger charge is -2.04. The Morgan fingerprint density at radius 1 is 1.38 bits per heavy atom. The maximum absolute atomic E-state index is 5.75. The van der Waals surface area contributed by atoms with E-state index in [0.29, 0.717) is 11.7 Å². The largest absolute Gasteiger partial charge is 0.397 e. The number of nitrogens with two attached hydrogens (primary N) is 1. The highest BCUT2D eigenvalue weighted by molar-refractivity contribution is 5.86. The van der Waals surface area contributed by atoms with E-state index < -0.39 is 0 Å². The standard InChI is InChI=1S/C9H12N4/c1-6(2)13-8-5-3-4-7(10)9(8)11-12-13/h3-6H,10H2,1-2H3. The van der Waals surface area contributed by atoms with Crippen molar-refractivity contribution in [1.82, 2.24) is 15.0 Å². The molecular weight excluding hydrogens is 164 g/mol. The molecule has 0 bridgehead atoms. The molecule has 4 nitrogen and oxygen atoms in total. The van der Waals surface area contributed by atoms with Gasteiger partial charge in [0.25, 0.3) is 0 Å². The molecule has 2 aromatic rings. The minimum Gasteiger partial charge on any atom is -0.397 e. The lowest BCUT2D eigenvalue weighted by Crippen LogP contribution is -2.02. The van der Waals surface area contributed by atoms with Crippen LogP contribution in [0.3, 0.4) is 0 Å². The Labute approximate surface area is 76.3 Å². The van der Waals surface area contributed by atoms with Crippen molar-refractivity contribution >= 4 is 16.7 Å². The van der Waals surface area contributed by atoms with E-state index >= 15 is 0 Å². The fourth-order valence-corrected chi connectivity index (χ4v) is 1.37. The number of rotatable bonds is 1. The average molecular weight is 176 g/mol. The Morgan fingerprint density at radius 2 is 2.15 bits per heavy atom. The Kier molecular flexibility index (Phi) is 1.69. The maximum Gasteiger partial charge on any atom is 0.136 e. The third-order valence-electron chi connectivity index (χ3n) is 2.02. The summed E-state index contributed by atoms with van der Waals surface area (Å²) < 4.78 is 1.87. The van der Waals surface area contributed by atoms with Crippen molar-refractivity contribution in [2.24, 2.45) is 0 Å². The van der Waals surface area contributed by atoms with E-state index in [0.717, 1.165) is 11.0 Å². The van der Waals surface area contributed by atoms with Gasteiger partial charge in [-0.1, -0.05) is 11.3 Å². The molecule has 0 atom stereocenters. The molecule has 0 saturated carbocycles. The number of anilines is 1. The molecule has 0 unspecified atom stereocenters. The molecule has 0 radical (unpaired) electrons. The molecule has 1 aromatic carbocycles. The highest BCUT2D eigenvalue weighted by atomic mass is 15.4. The molecule has 1 aromatic heterocycles. The van der Waals surface area contributed by atoms with E-state index in [1.165, 1.54) is 0 Å². The molecule has 1 heterocycles. The van der Waals surface area contributed by atoms with Gasteiger partial charge >= 0.3 is 0 Å². The van der Waals surface area contributed by atoms with Gasteiger partial charge in [0.1, 0.15) is 5.52 Å². The molecule has 0 saturated heterocycles. The monoisotopic (exact) mass is 176 g/mol. The summed E-state index contributed by atoms with van der Waals surface area (Å²) in [6.07, 6.45) is 0. The second kappa shape index (κ2) is 2.73. The van der Waals surface area contributed by atoms with Crippen molar-refractivity contribution < 1.29 is 0 Å². The Morgan fingerprint density at radius 3 is 2.85 bits per heavy atom. The van der Waals surface area contributed by atoms with Crippen molar-refractivity contribution in [3.05, 3.63) is 18.2 Å². The van der Waals surface area contributed by atoms with Crippen LogP contribution in [0.1, 0.15) is 19.9 Å². The first-order chi connectivity index (χ1) is 6.20. The van der Waals surface area contributed by atoms with Gasteiger partial charge < -0.3 is 5.73 Å². The third kappa shape index (κ3) is 1.14. The Balaban J connectivity index is 2.75. The summed E-state index contributed by atoms with van der Waals surface area (Å²) in [6, 6.07) is 6.04. The molecule has 68 valence electrons. The Bertz CT molecular complexity index is 430. The summed E-state index contributed by atoms with van der Waals surface area (Å²) in [5.74, 6) is 0. The first-order valence-electron chi connectivity index (χ1n) is 4.29. The minimum atomic E-state index is 0.312. The van der Waals surface area contributed by atoms with Gasteiger partial charge in [-0.15, -0.1) is 5.10 Å². The zero-order valence-electron chi connectivity index (χ0n) is 7.73. The number of benzene rings is 1. The van der Waals surface area contributed by atoms with Crippen LogP contribution in [0, 0.1) is 0 Å². The molecule has 0 aliphatic rings. The van der Waals surface area contributed by atoms with Crippen molar-refractivity contribution in [3.8, 4) is 0 Å². The van der Waals surface area contributed by atoms with Gasteiger partial charge in [0.15, 0.2) is 0 Å². The van der Waals surface area contributed by atoms with E-state index in [1.807, 2.05) is 22.9 Å². The first kappa shape index (κ1) is 8.04. The molecule has 13 heavy (non-hydrogen) atoms. The average Bonchev–Trinajstić information content (AvgIpc) is 2.48. The van der Waals surface area contributed by atoms with E-state index in [9.17, 15) is 0 Å². The van der Waals surface area contributed by atoms with Crippen molar-refractivity contribution in [2.75, 3.05) is 5.73 Å². The topological polar surface area (TPSA) is 56.7 Å². The van der Waals surface area contributed by atoms with E-state index in [4.69, 9.17) is 5.73 Å². The summed E-state index contributed by atoms with van der Waals surface area (Å²) in [5.41, 5.74) is 8.22. The molecule has 4 heteroatoms. The van der Waals surface area contributed by atoms with Crippen LogP contribution >= 0.6 is 0 Å². The fraction of sp³-hybridized carbons (Fsp3) is 0.333. The van der Waals surface area contributed by atoms with Gasteiger partial charge in [0.05, 0.1) is 11.2 Å². The summed E-state index contributed by atoms with van der Waals surface area (Å²) in [6.45, 7) is 4.13. The van der Waals surface area contributed by atoms with Crippen LogP contribution in [0.25, 0.3) is 11.0 Å². The lowest BCUT2D eigenvalue weighted by molar-refractivity contribution is 0.530. The number of nitrogen functional groups attached to an aromatic ring is 1. The first-order valence-corrected chi connectivity index (χ1v) is 4.29. The SMILES string of the molecule is CC(C)n1nnc2c(N)cccc21. The predicted molar refractivity (Wildman–Crippen MR) is 52.3 cm³/mol. The minimum absolute atomic E-state index is 0.312. The van der Waals surface area contributed by atoms with Crippen molar-refractivity contribution in [1.29, 1.82) is 0 Å². The summed E-state index contributed by atoms with van der Waals surface area (Å²) in [4.78, 5) is 0. The molecule has 2 rings (SSSR count). The second-order valence-electron chi connectivity index (χ2n) is 3.34. The molecular formula is C9H12N4. The normalized spacial score (nSPS) is 11.3. The predicted octanol–water partition coefficient (Wildman–Crippen LogP) is 1.59. The molecule has 0 fully saturated rings.